The topological polar surface area (TPSA) is 32.3 Å². The van der Waals surface area contributed by atoms with Gasteiger partial charge in [0.15, 0.2) is 0 Å². The van der Waals surface area contributed by atoms with Gasteiger partial charge in [-0.25, -0.2) is 0 Å². The lowest BCUT2D eigenvalue weighted by Crippen LogP contribution is -2.47. The lowest BCUT2D eigenvalue weighted by Gasteiger charge is -2.42. The molecule has 0 radical (unpaired) electrons. The monoisotopic (exact) mass is 306 g/mol. The first-order valence-corrected chi connectivity index (χ1v) is 8.92. The van der Waals surface area contributed by atoms with Gasteiger partial charge in [-0.2, -0.15) is 0 Å². The standard InChI is InChI=1S/C17H26N2OS/c1-10(2)7-14-17(20)19(13-8-11(3)9-13)16(18-14)15-6-5-12(4)21-15/h5-6,10-11,13-14,16,18H,7-9H2,1-4H3. The Labute approximate surface area is 131 Å². The second-order valence-corrected chi connectivity index (χ2v) is 8.50. The van der Waals surface area contributed by atoms with Crippen molar-refractivity contribution in [1.29, 1.82) is 0 Å². The average Bonchev–Trinajstić information content (AvgIpc) is 2.91. The summed E-state index contributed by atoms with van der Waals surface area (Å²) in [7, 11) is 0. The second-order valence-electron chi connectivity index (χ2n) is 7.18. The number of hydrogen-bond acceptors (Lipinski definition) is 3. The highest BCUT2D eigenvalue weighted by Crippen LogP contribution is 2.40. The van der Waals surface area contributed by atoms with Crippen molar-refractivity contribution in [2.75, 3.05) is 0 Å². The number of thiophene rings is 1. The molecule has 0 spiro atoms. The molecular formula is C17H26N2OS. The highest BCUT2D eigenvalue weighted by atomic mass is 32.1. The fourth-order valence-electron chi connectivity index (χ4n) is 3.59. The molecule has 1 saturated heterocycles. The number of carbonyl (C=O) groups is 1. The van der Waals surface area contributed by atoms with Gasteiger partial charge in [0.25, 0.3) is 0 Å². The smallest absolute Gasteiger partial charge is 0.241 e. The third-order valence-electron chi connectivity index (χ3n) is 4.67. The molecule has 4 heteroatoms. The molecule has 0 aromatic carbocycles. The maximum Gasteiger partial charge on any atom is 0.241 e. The van der Waals surface area contributed by atoms with Gasteiger partial charge >= 0.3 is 0 Å². The third-order valence-corrected chi connectivity index (χ3v) is 5.72. The van der Waals surface area contributed by atoms with E-state index in [1.54, 1.807) is 0 Å². The predicted octanol–water partition coefficient (Wildman–Crippen LogP) is 3.70. The van der Waals surface area contributed by atoms with Gasteiger partial charge in [-0.1, -0.05) is 20.8 Å². The van der Waals surface area contributed by atoms with E-state index in [1.165, 1.54) is 9.75 Å². The summed E-state index contributed by atoms with van der Waals surface area (Å²) in [5.41, 5.74) is 0. The molecular weight excluding hydrogens is 280 g/mol. The summed E-state index contributed by atoms with van der Waals surface area (Å²) in [6.07, 6.45) is 3.33. The summed E-state index contributed by atoms with van der Waals surface area (Å²) in [5, 5.41) is 3.60. The van der Waals surface area contributed by atoms with Crippen molar-refractivity contribution in [1.82, 2.24) is 10.2 Å². The lowest BCUT2D eigenvalue weighted by atomic mass is 9.80. The fourth-order valence-corrected chi connectivity index (χ4v) is 4.52. The summed E-state index contributed by atoms with van der Waals surface area (Å²) in [6, 6.07) is 4.76. The first-order chi connectivity index (χ1) is 9.95. The highest BCUT2D eigenvalue weighted by Gasteiger charge is 2.46. The Bertz CT molecular complexity index is 519. The van der Waals surface area contributed by atoms with E-state index in [-0.39, 0.29) is 12.2 Å². The van der Waals surface area contributed by atoms with Crippen LogP contribution >= 0.6 is 11.3 Å². The highest BCUT2D eigenvalue weighted by molar-refractivity contribution is 7.12. The minimum Gasteiger partial charge on any atom is -0.318 e. The Morgan fingerprint density at radius 3 is 2.62 bits per heavy atom. The van der Waals surface area contributed by atoms with Crippen LogP contribution in [0.2, 0.25) is 0 Å². The van der Waals surface area contributed by atoms with Crippen molar-refractivity contribution in [2.24, 2.45) is 11.8 Å². The molecule has 2 heterocycles. The van der Waals surface area contributed by atoms with Gasteiger partial charge in [0.1, 0.15) is 6.17 Å². The third kappa shape index (κ3) is 2.88. The van der Waals surface area contributed by atoms with E-state index >= 15 is 0 Å². The number of nitrogens with zero attached hydrogens (tertiary/aromatic N) is 1. The summed E-state index contributed by atoms with van der Waals surface area (Å²) in [6.45, 7) is 8.79. The van der Waals surface area contributed by atoms with Gasteiger partial charge in [-0.3, -0.25) is 10.1 Å². The van der Waals surface area contributed by atoms with E-state index in [0.717, 1.165) is 25.2 Å². The molecule has 0 bridgehead atoms. The molecule has 1 aromatic rings. The molecule has 1 N–H and O–H groups in total. The van der Waals surface area contributed by atoms with E-state index < -0.39 is 0 Å². The van der Waals surface area contributed by atoms with Crippen LogP contribution in [0.3, 0.4) is 0 Å². The van der Waals surface area contributed by atoms with Gasteiger partial charge in [0, 0.05) is 15.8 Å². The Hall–Kier alpha value is -0.870. The minimum atomic E-state index is -0.00619. The molecule has 1 aromatic heterocycles. The predicted molar refractivity (Wildman–Crippen MR) is 87.2 cm³/mol. The van der Waals surface area contributed by atoms with Crippen LogP contribution in [0.15, 0.2) is 12.1 Å². The zero-order valence-corrected chi connectivity index (χ0v) is 14.2. The molecule has 3 rings (SSSR count). The first kappa shape index (κ1) is 15.0. The van der Waals surface area contributed by atoms with Crippen LogP contribution in [-0.4, -0.2) is 22.9 Å². The number of carbonyl (C=O) groups excluding carboxylic acids is 1. The molecule has 2 fully saturated rings. The Kier molecular flexibility index (Phi) is 4.10. The van der Waals surface area contributed by atoms with Crippen LogP contribution < -0.4 is 5.32 Å². The van der Waals surface area contributed by atoms with Crippen molar-refractivity contribution in [3.8, 4) is 0 Å². The van der Waals surface area contributed by atoms with Crippen molar-refractivity contribution in [2.45, 2.75) is 65.2 Å². The van der Waals surface area contributed by atoms with Gasteiger partial charge in [-0.15, -0.1) is 11.3 Å². The van der Waals surface area contributed by atoms with Gasteiger partial charge in [0.2, 0.25) is 5.91 Å². The molecule has 21 heavy (non-hydrogen) atoms. The number of amides is 1. The Balaban J connectivity index is 1.83. The second kappa shape index (κ2) is 5.73. The van der Waals surface area contributed by atoms with Crippen molar-refractivity contribution in [3.63, 3.8) is 0 Å². The zero-order chi connectivity index (χ0) is 15.1. The van der Waals surface area contributed by atoms with Crippen LogP contribution in [0.25, 0.3) is 0 Å². The van der Waals surface area contributed by atoms with Crippen LogP contribution in [0.5, 0.6) is 0 Å². The Morgan fingerprint density at radius 1 is 1.38 bits per heavy atom. The maximum absolute atomic E-state index is 12.8. The molecule has 3 nitrogen and oxygen atoms in total. The van der Waals surface area contributed by atoms with E-state index in [9.17, 15) is 4.79 Å². The summed E-state index contributed by atoms with van der Waals surface area (Å²) >= 11 is 1.81. The average molecular weight is 306 g/mol. The molecule has 1 aliphatic carbocycles. The summed E-state index contributed by atoms with van der Waals surface area (Å²) in [5.74, 6) is 1.62. The van der Waals surface area contributed by atoms with Gasteiger partial charge in [0.05, 0.1) is 6.04 Å². The van der Waals surface area contributed by atoms with Crippen molar-refractivity contribution >= 4 is 17.2 Å². The quantitative estimate of drug-likeness (QED) is 0.920. The lowest BCUT2D eigenvalue weighted by molar-refractivity contribution is -0.135. The number of hydrogen-bond donors (Lipinski definition) is 1. The summed E-state index contributed by atoms with van der Waals surface area (Å²) < 4.78 is 0. The largest absolute Gasteiger partial charge is 0.318 e. The number of rotatable bonds is 4. The van der Waals surface area contributed by atoms with Crippen LogP contribution in [-0.2, 0) is 4.79 Å². The van der Waals surface area contributed by atoms with E-state index in [4.69, 9.17) is 0 Å². The maximum atomic E-state index is 12.8. The number of aryl methyl sites for hydroxylation is 1. The zero-order valence-electron chi connectivity index (χ0n) is 13.4. The van der Waals surface area contributed by atoms with Crippen LogP contribution in [0.4, 0.5) is 0 Å². The van der Waals surface area contributed by atoms with Crippen molar-refractivity contribution < 1.29 is 4.79 Å². The number of nitrogens with one attached hydrogen (secondary N) is 1. The molecule has 1 aliphatic heterocycles. The first-order valence-electron chi connectivity index (χ1n) is 8.10. The van der Waals surface area contributed by atoms with Crippen LogP contribution in [0, 0.1) is 18.8 Å². The minimum absolute atomic E-state index is 0.00619. The molecule has 116 valence electrons. The fraction of sp³-hybridized carbons (Fsp3) is 0.706. The van der Waals surface area contributed by atoms with E-state index in [2.05, 4.69) is 50.0 Å². The van der Waals surface area contributed by atoms with Gasteiger partial charge in [-0.05, 0) is 50.2 Å². The van der Waals surface area contributed by atoms with E-state index in [0.29, 0.717) is 17.9 Å². The SMILES string of the molecule is Cc1ccc(C2NC(CC(C)C)C(=O)N2C2CC(C)C2)s1. The summed E-state index contributed by atoms with van der Waals surface area (Å²) in [4.78, 5) is 17.6. The van der Waals surface area contributed by atoms with Crippen LogP contribution in [0.1, 0.15) is 56.0 Å². The van der Waals surface area contributed by atoms with Gasteiger partial charge < -0.3 is 4.90 Å². The molecule has 1 saturated carbocycles. The molecule has 2 aliphatic rings. The normalized spacial score (nSPS) is 32.8. The molecule has 2 unspecified atom stereocenters. The van der Waals surface area contributed by atoms with Crippen molar-refractivity contribution in [3.05, 3.63) is 21.9 Å². The molecule has 2 atom stereocenters. The molecule has 1 amide bonds. The Morgan fingerprint density at radius 2 is 2.10 bits per heavy atom. The van der Waals surface area contributed by atoms with E-state index in [1.807, 2.05) is 11.3 Å².